The first-order valence-corrected chi connectivity index (χ1v) is 7.97. The Bertz CT molecular complexity index is 942. The predicted molar refractivity (Wildman–Crippen MR) is 90.4 cm³/mol. The Kier molecular flexibility index (Phi) is 3.44. The van der Waals surface area contributed by atoms with Crippen LogP contribution in [0.25, 0.3) is 27.0 Å². The van der Waals surface area contributed by atoms with E-state index in [0.717, 1.165) is 32.8 Å². The van der Waals surface area contributed by atoms with E-state index in [0.29, 0.717) is 0 Å². The maximum atomic E-state index is 4.73. The van der Waals surface area contributed by atoms with Gasteiger partial charge in [-0.1, -0.05) is 6.07 Å². The molecular formula is C17H13N5S. The van der Waals surface area contributed by atoms with Crippen LogP contribution in [0.5, 0.6) is 0 Å². The SMILES string of the molecule is Cc1nccn1-c1cccc(-c2cnc(-c3cccnc3)s2)n1. The van der Waals surface area contributed by atoms with Gasteiger partial charge >= 0.3 is 0 Å². The van der Waals surface area contributed by atoms with Gasteiger partial charge in [-0.05, 0) is 31.2 Å². The summed E-state index contributed by atoms with van der Waals surface area (Å²) in [5.41, 5.74) is 1.92. The van der Waals surface area contributed by atoms with E-state index >= 15 is 0 Å². The molecule has 0 saturated carbocycles. The van der Waals surface area contributed by atoms with Gasteiger partial charge in [-0.2, -0.15) is 0 Å². The number of hydrogen-bond acceptors (Lipinski definition) is 5. The fraction of sp³-hybridized carbons (Fsp3) is 0.0588. The summed E-state index contributed by atoms with van der Waals surface area (Å²) in [5.74, 6) is 1.77. The summed E-state index contributed by atoms with van der Waals surface area (Å²) in [7, 11) is 0. The second-order valence-corrected chi connectivity index (χ2v) is 6.03. The number of hydrogen-bond donors (Lipinski definition) is 0. The fourth-order valence-corrected chi connectivity index (χ4v) is 3.21. The molecule has 0 radical (unpaired) electrons. The molecule has 4 aromatic rings. The third-order valence-electron chi connectivity index (χ3n) is 3.47. The smallest absolute Gasteiger partial charge is 0.138 e. The number of thiazole rings is 1. The number of aromatic nitrogens is 5. The van der Waals surface area contributed by atoms with Crippen molar-refractivity contribution in [3.8, 4) is 27.0 Å². The normalized spacial score (nSPS) is 10.8. The van der Waals surface area contributed by atoms with Crippen LogP contribution < -0.4 is 0 Å². The lowest BCUT2D eigenvalue weighted by atomic mass is 10.3. The van der Waals surface area contributed by atoms with Crippen molar-refractivity contribution >= 4 is 11.3 Å². The molecule has 0 bridgehead atoms. The zero-order chi connectivity index (χ0) is 15.6. The molecule has 6 heteroatoms. The van der Waals surface area contributed by atoms with E-state index in [1.54, 1.807) is 23.7 Å². The minimum absolute atomic E-state index is 0.855. The van der Waals surface area contributed by atoms with Crippen molar-refractivity contribution < 1.29 is 0 Å². The van der Waals surface area contributed by atoms with Crippen LogP contribution in [-0.4, -0.2) is 24.5 Å². The van der Waals surface area contributed by atoms with Crippen LogP contribution >= 0.6 is 11.3 Å². The molecule has 0 fully saturated rings. The molecule has 0 spiro atoms. The van der Waals surface area contributed by atoms with Gasteiger partial charge < -0.3 is 0 Å². The Morgan fingerprint density at radius 1 is 1.00 bits per heavy atom. The highest BCUT2D eigenvalue weighted by atomic mass is 32.1. The average Bonchev–Trinajstić information content (AvgIpc) is 3.25. The van der Waals surface area contributed by atoms with Crippen LogP contribution in [0.2, 0.25) is 0 Å². The molecule has 5 nitrogen and oxygen atoms in total. The van der Waals surface area contributed by atoms with Gasteiger partial charge in [0.1, 0.15) is 16.6 Å². The van der Waals surface area contributed by atoms with Crippen LogP contribution in [0.3, 0.4) is 0 Å². The lowest BCUT2D eigenvalue weighted by molar-refractivity contribution is 0.935. The fourth-order valence-electron chi connectivity index (χ4n) is 2.33. The summed E-state index contributed by atoms with van der Waals surface area (Å²) in [5, 5.41) is 0.944. The Labute approximate surface area is 137 Å². The third kappa shape index (κ3) is 2.64. The van der Waals surface area contributed by atoms with E-state index in [1.807, 2.05) is 60.4 Å². The highest BCUT2D eigenvalue weighted by Crippen LogP contribution is 2.31. The summed E-state index contributed by atoms with van der Waals surface area (Å²) in [6.45, 7) is 1.96. The Hall–Kier alpha value is -2.86. The maximum Gasteiger partial charge on any atom is 0.138 e. The Balaban J connectivity index is 1.72. The largest absolute Gasteiger partial charge is 0.288 e. The van der Waals surface area contributed by atoms with E-state index in [2.05, 4.69) is 15.0 Å². The number of imidazole rings is 1. The third-order valence-corrected chi connectivity index (χ3v) is 4.54. The molecule has 4 heterocycles. The van der Waals surface area contributed by atoms with E-state index in [4.69, 9.17) is 4.98 Å². The van der Waals surface area contributed by atoms with Crippen LogP contribution in [0.1, 0.15) is 5.82 Å². The maximum absolute atomic E-state index is 4.73. The van der Waals surface area contributed by atoms with Crippen molar-refractivity contribution in [2.45, 2.75) is 6.92 Å². The highest BCUT2D eigenvalue weighted by Gasteiger charge is 2.09. The first-order valence-electron chi connectivity index (χ1n) is 7.15. The highest BCUT2D eigenvalue weighted by molar-refractivity contribution is 7.18. The summed E-state index contributed by atoms with van der Waals surface area (Å²) >= 11 is 1.61. The van der Waals surface area contributed by atoms with Gasteiger partial charge in [0.05, 0.1) is 10.6 Å². The molecule has 0 N–H and O–H groups in total. The van der Waals surface area contributed by atoms with Gasteiger partial charge in [0.2, 0.25) is 0 Å². The standard InChI is InChI=1S/C17H13N5S/c1-12-19-8-9-22(12)16-6-2-5-14(21-16)15-11-20-17(23-15)13-4-3-7-18-10-13/h2-11H,1H3. The molecule has 0 aromatic carbocycles. The second kappa shape index (κ2) is 5.73. The van der Waals surface area contributed by atoms with Gasteiger partial charge in [0.25, 0.3) is 0 Å². The van der Waals surface area contributed by atoms with E-state index < -0.39 is 0 Å². The zero-order valence-corrected chi connectivity index (χ0v) is 13.2. The van der Waals surface area contributed by atoms with Gasteiger partial charge in [-0.15, -0.1) is 11.3 Å². The van der Waals surface area contributed by atoms with E-state index in [1.165, 1.54) is 0 Å². The summed E-state index contributed by atoms with van der Waals surface area (Å²) in [4.78, 5) is 18.6. The van der Waals surface area contributed by atoms with Crippen molar-refractivity contribution in [3.63, 3.8) is 0 Å². The number of nitrogens with zero attached hydrogens (tertiary/aromatic N) is 5. The quantitative estimate of drug-likeness (QED) is 0.577. The summed E-state index contributed by atoms with van der Waals surface area (Å²) < 4.78 is 1.96. The van der Waals surface area contributed by atoms with Crippen molar-refractivity contribution in [2.24, 2.45) is 0 Å². The van der Waals surface area contributed by atoms with Crippen molar-refractivity contribution in [3.05, 3.63) is 67.1 Å². The molecule has 0 aliphatic rings. The molecule has 0 aliphatic heterocycles. The van der Waals surface area contributed by atoms with E-state index in [-0.39, 0.29) is 0 Å². The van der Waals surface area contributed by atoms with Crippen molar-refractivity contribution in [1.82, 2.24) is 24.5 Å². The molecule has 4 aromatic heterocycles. The molecule has 0 amide bonds. The van der Waals surface area contributed by atoms with Gasteiger partial charge in [0, 0.05) is 36.5 Å². The van der Waals surface area contributed by atoms with Gasteiger partial charge in [0.15, 0.2) is 0 Å². The molecular weight excluding hydrogens is 306 g/mol. The molecule has 112 valence electrons. The topological polar surface area (TPSA) is 56.5 Å². The predicted octanol–water partition coefficient (Wildman–Crippen LogP) is 3.76. The molecule has 0 atom stereocenters. The van der Waals surface area contributed by atoms with E-state index in [9.17, 15) is 0 Å². The average molecular weight is 319 g/mol. The lowest BCUT2D eigenvalue weighted by Gasteiger charge is -2.05. The van der Waals surface area contributed by atoms with Crippen LogP contribution in [-0.2, 0) is 0 Å². The van der Waals surface area contributed by atoms with Gasteiger partial charge in [-0.3, -0.25) is 9.55 Å². The Morgan fingerprint density at radius 2 is 1.96 bits per heavy atom. The molecule has 0 aliphatic carbocycles. The molecule has 23 heavy (non-hydrogen) atoms. The summed E-state index contributed by atoms with van der Waals surface area (Å²) in [6.07, 6.45) is 9.13. The minimum Gasteiger partial charge on any atom is -0.288 e. The van der Waals surface area contributed by atoms with Crippen LogP contribution in [0.15, 0.2) is 61.3 Å². The lowest BCUT2D eigenvalue weighted by Crippen LogP contribution is -1.99. The first-order chi connectivity index (χ1) is 11.3. The van der Waals surface area contributed by atoms with Crippen molar-refractivity contribution in [1.29, 1.82) is 0 Å². The molecule has 4 rings (SSSR count). The number of aryl methyl sites for hydroxylation is 1. The minimum atomic E-state index is 0.855. The van der Waals surface area contributed by atoms with Crippen molar-refractivity contribution in [2.75, 3.05) is 0 Å². The monoisotopic (exact) mass is 319 g/mol. The van der Waals surface area contributed by atoms with Crippen LogP contribution in [0, 0.1) is 6.92 Å². The molecule has 0 unspecified atom stereocenters. The van der Waals surface area contributed by atoms with Crippen LogP contribution in [0.4, 0.5) is 0 Å². The number of rotatable bonds is 3. The Morgan fingerprint density at radius 3 is 2.74 bits per heavy atom. The second-order valence-electron chi connectivity index (χ2n) is 5.00. The number of pyridine rings is 2. The molecule has 0 saturated heterocycles. The summed E-state index contributed by atoms with van der Waals surface area (Å²) in [6, 6.07) is 9.89. The van der Waals surface area contributed by atoms with Gasteiger partial charge in [-0.25, -0.2) is 15.0 Å². The zero-order valence-electron chi connectivity index (χ0n) is 12.4. The first kappa shape index (κ1) is 13.8.